The molecule has 0 amide bonds. The molecule has 3 fully saturated rings. The van der Waals surface area contributed by atoms with Gasteiger partial charge in [-0.2, -0.15) is 13.2 Å². The van der Waals surface area contributed by atoms with Crippen molar-refractivity contribution in [1.82, 2.24) is 0 Å². The maximum atomic E-state index is 16.5. The van der Waals surface area contributed by atoms with Gasteiger partial charge in [0.2, 0.25) is 0 Å². The largest absolute Gasteiger partial charge is 0.514 e. The third-order valence-corrected chi connectivity index (χ3v) is 20.1. The summed E-state index contributed by atoms with van der Waals surface area (Å²) in [4.78, 5) is 86.1. The number of para-hydroxylation sites is 1. The van der Waals surface area contributed by atoms with Crippen LogP contribution in [0.5, 0.6) is 5.75 Å². The van der Waals surface area contributed by atoms with E-state index in [2.05, 4.69) is 0 Å². The van der Waals surface area contributed by atoms with Gasteiger partial charge >= 0.3 is 30.2 Å². The van der Waals surface area contributed by atoms with Crippen LogP contribution in [0.1, 0.15) is 101 Å². The molecule has 1 heterocycles. The van der Waals surface area contributed by atoms with Gasteiger partial charge in [0.15, 0.2) is 31.6 Å². The van der Waals surface area contributed by atoms with E-state index >= 15 is 4.79 Å². The minimum absolute atomic E-state index is 0.00706. The van der Waals surface area contributed by atoms with Gasteiger partial charge in [-0.3, -0.25) is 19.2 Å². The van der Waals surface area contributed by atoms with E-state index in [0.29, 0.717) is 24.2 Å². The Bertz CT molecular complexity index is 2540. The van der Waals surface area contributed by atoms with Gasteiger partial charge in [-0.1, -0.05) is 89.2 Å². The predicted octanol–water partition coefficient (Wildman–Crippen LogP) is 9.18. The molecule has 7 rings (SSSR count). The van der Waals surface area contributed by atoms with E-state index in [0.717, 1.165) is 12.1 Å². The summed E-state index contributed by atoms with van der Waals surface area (Å²) in [5.74, 6) is -6.54. The Morgan fingerprint density at radius 1 is 0.843 bits per heavy atom. The van der Waals surface area contributed by atoms with E-state index in [1.165, 1.54) is 58.0 Å². The second-order valence-corrected chi connectivity index (χ2v) is 24.1. The fourth-order valence-corrected chi connectivity index (χ4v) is 14.4. The van der Waals surface area contributed by atoms with Crippen LogP contribution in [0.25, 0.3) is 0 Å². The van der Waals surface area contributed by atoms with Crippen LogP contribution in [0.15, 0.2) is 96.1 Å². The van der Waals surface area contributed by atoms with Crippen molar-refractivity contribution < 1.29 is 79.9 Å². The summed E-state index contributed by atoms with van der Waals surface area (Å²) in [7, 11) is -2.73. The summed E-state index contributed by atoms with van der Waals surface area (Å²) >= 11 is 0. The molecular formula is C52H59F3O14Si. The SMILES string of the molecule is CC[Si](CC)(CC)O[C@H]1C[C@H]2OC[C@@]2(OC(C)=O)[C@H]2[C@H](OC(=O)c3ccccc3)[C@]3(O)C[C@H](OC(=O)CC(=O)c4ccccc4C(F)(F)F)C(C)=C([C@@H](OC(=O)Oc4ccccc4)C(=O)[C@]12C)C3(C)C. The highest BCUT2D eigenvalue weighted by Gasteiger charge is 2.79. The zero-order chi connectivity index (χ0) is 51.2. The Labute approximate surface area is 405 Å². The number of carbonyl (C=O) groups excluding carboxylic acids is 6. The number of hydrogen-bond donors (Lipinski definition) is 1. The fourth-order valence-electron chi connectivity index (χ4n) is 11.4. The lowest BCUT2D eigenvalue weighted by Gasteiger charge is -2.68. The molecule has 0 unspecified atom stereocenters. The maximum Gasteiger partial charge on any atom is 0.514 e. The van der Waals surface area contributed by atoms with Gasteiger partial charge in [0.25, 0.3) is 0 Å². The van der Waals surface area contributed by atoms with Crippen LogP contribution >= 0.6 is 0 Å². The van der Waals surface area contributed by atoms with Gasteiger partial charge in [0, 0.05) is 30.7 Å². The van der Waals surface area contributed by atoms with E-state index in [9.17, 15) is 42.3 Å². The molecule has 1 saturated heterocycles. The lowest BCUT2D eigenvalue weighted by atomic mass is 9.44. The number of alkyl halides is 3. The summed E-state index contributed by atoms with van der Waals surface area (Å²) < 4.78 is 86.2. The molecule has 0 aromatic heterocycles. The molecular weight excluding hydrogens is 934 g/mol. The Morgan fingerprint density at radius 2 is 1.44 bits per heavy atom. The first-order valence-corrected chi connectivity index (χ1v) is 26.0. The van der Waals surface area contributed by atoms with E-state index in [1.807, 2.05) is 20.8 Å². The molecule has 3 aromatic carbocycles. The van der Waals surface area contributed by atoms with E-state index in [-0.39, 0.29) is 35.5 Å². The first-order valence-electron chi connectivity index (χ1n) is 23.5. The zero-order valence-corrected chi connectivity index (χ0v) is 41.4. The standard InChI is InChI=1S/C52H59F3O14Si/c1-9-70(10-2,11-3)69-38-27-39-50(29-63-39,68-31(5)56)43-45(67-46(60)32-20-14-12-15-21-32)51(62)28-37(65-40(58)26-36(57)34-24-18-19-25-35(34)52(53,54)55)30(4)41(48(51,6)7)42(44(59)49(38,43)8)66-47(61)64-33-22-16-13-17-23-33/h12-25,37-39,42-43,45,62H,9-11,26-29H2,1-8H3/t37-,38-,39+,42+,43-,45-,49+,50-,51+/m0/s1. The summed E-state index contributed by atoms with van der Waals surface area (Å²) in [6.45, 7) is 12.9. The molecule has 0 spiro atoms. The van der Waals surface area contributed by atoms with Crippen molar-refractivity contribution in [2.24, 2.45) is 16.7 Å². The molecule has 376 valence electrons. The normalized spacial score (nSPS) is 29.2. The minimum atomic E-state index is -4.93. The van der Waals surface area contributed by atoms with Crippen LogP contribution in [0.4, 0.5) is 18.0 Å². The molecule has 14 nitrogen and oxygen atoms in total. The quantitative estimate of drug-likeness (QED) is 0.0306. The fraction of sp³-hybridized carbons (Fsp3) is 0.500. The monoisotopic (exact) mass is 992 g/mol. The van der Waals surface area contributed by atoms with E-state index in [1.54, 1.807) is 43.3 Å². The average Bonchev–Trinajstić information content (AvgIpc) is 3.31. The highest BCUT2D eigenvalue weighted by Crippen LogP contribution is 2.65. The number of fused-ring (bicyclic) bond motifs is 5. The second kappa shape index (κ2) is 19.5. The number of rotatable bonds is 14. The van der Waals surface area contributed by atoms with Crippen LogP contribution in [0.2, 0.25) is 18.1 Å². The molecule has 2 saturated carbocycles. The van der Waals surface area contributed by atoms with Crippen LogP contribution in [0.3, 0.4) is 0 Å². The van der Waals surface area contributed by atoms with Crippen molar-refractivity contribution in [1.29, 1.82) is 0 Å². The van der Waals surface area contributed by atoms with Crippen LogP contribution in [-0.4, -0.2) is 97.4 Å². The highest BCUT2D eigenvalue weighted by molar-refractivity contribution is 6.73. The van der Waals surface area contributed by atoms with E-state index < -0.39 is 133 Å². The van der Waals surface area contributed by atoms with Crippen LogP contribution in [-0.2, 0) is 48.7 Å². The summed E-state index contributed by atoms with van der Waals surface area (Å²) in [6, 6.07) is 21.5. The molecule has 18 heteroatoms. The number of aliphatic hydroxyl groups is 1. The lowest BCUT2D eigenvalue weighted by Crippen LogP contribution is -2.82. The Kier molecular flexibility index (Phi) is 14.5. The van der Waals surface area contributed by atoms with Gasteiger partial charge in [0.05, 0.1) is 35.2 Å². The molecule has 70 heavy (non-hydrogen) atoms. The van der Waals surface area contributed by atoms with Crippen molar-refractivity contribution in [3.8, 4) is 5.75 Å². The third kappa shape index (κ3) is 9.11. The average molecular weight is 993 g/mol. The molecule has 9 atom stereocenters. The van der Waals surface area contributed by atoms with Crippen LogP contribution < -0.4 is 4.74 Å². The van der Waals surface area contributed by atoms with Crippen molar-refractivity contribution in [3.63, 3.8) is 0 Å². The molecule has 3 aromatic rings. The second-order valence-electron chi connectivity index (χ2n) is 19.4. The predicted molar refractivity (Wildman–Crippen MR) is 247 cm³/mol. The highest BCUT2D eigenvalue weighted by atomic mass is 28.4. The number of carbonyl (C=O) groups is 6. The van der Waals surface area contributed by atoms with Gasteiger partial charge in [0.1, 0.15) is 36.1 Å². The number of benzene rings is 3. The first kappa shape index (κ1) is 52.1. The van der Waals surface area contributed by atoms with Crippen molar-refractivity contribution >= 4 is 43.9 Å². The van der Waals surface area contributed by atoms with Gasteiger partial charge < -0.3 is 38.0 Å². The Hall–Kier alpha value is -5.69. The third-order valence-electron chi connectivity index (χ3n) is 15.5. The number of halogens is 3. The summed E-state index contributed by atoms with van der Waals surface area (Å²) in [5, 5.41) is 14.0. The number of esters is 3. The molecule has 3 aliphatic carbocycles. The number of ketones is 2. The number of Topliss-reactive ketones (excluding diaryl/α,β-unsaturated/α-hetero) is 2. The minimum Gasteiger partial charge on any atom is -0.457 e. The van der Waals surface area contributed by atoms with E-state index in [4.69, 9.17) is 32.8 Å². The molecule has 4 aliphatic rings. The number of ether oxygens (including phenoxy) is 6. The molecule has 1 aliphatic heterocycles. The van der Waals surface area contributed by atoms with Crippen molar-refractivity contribution in [2.45, 2.75) is 141 Å². The molecule has 1 N–H and O–H groups in total. The van der Waals surface area contributed by atoms with Crippen molar-refractivity contribution in [2.75, 3.05) is 6.61 Å². The maximum absolute atomic E-state index is 16.5. The lowest BCUT2D eigenvalue weighted by molar-refractivity contribution is -0.344. The zero-order valence-electron chi connectivity index (χ0n) is 40.4. The molecule has 2 bridgehead atoms. The van der Waals surface area contributed by atoms with Crippen molar-refractivity contribution in [3.05, 3.63) is 113 Å². The first-order chi connectivity index (χ1) is 32.9. The Balaban J connectivity index is 1.47. The number of hydrogen-bond acceptors (Lipinski definition) is 14. The van der Waals surface area contributed by atoms with Gasteiger partial charge in [-0.15, -0.1) is 0 Å². The smallest absolute Gasteiger partial charge is 0.457 e. The Morgan fingerprint density at radius 3 is 2.01 bits per heavy atom. The van der Waals surface area contributed by atoms with Crippen LogP contribution in [0, 0.1) is 16.7 Å². The molecule has 0 radical (unpaired) electrons. The summed E-state index contributed by atoms with van der Waals surface area (Å²) in [6.07, 6.45) is -15.6. The van der Waals surface area contributed by atoms with Gasteiger partial charge in [-0.25, -0.2) is 9.59 Å². The topological polar surface area (TPSA) is 187 Å². The summed E-state index contributed by atoms with van der Waals surface area (Å²) in [5.41, 5.74) is -10.0. The van der Waals surface area contributed by atoms with Gasteiger partial charge in [-0.05, 0) is 73.5 Å².